The predicted molar refractivity (Wildman–Crippen MR) is 76.4 cm³/mol. The summed E-state index contributed by atoms with van der Waals surface area (Å²) in [6, 6.07) is 3.19. The van der Waals surface area contributed by atoms with E-state index in [9.17, 15) is 9.90 Å². The summed E-state index contributed by atoms with van der Waals surface area (Å²) in [5.74, 6) is 0.614. The van der Waals surface area contributed by atoms with Gasteiger partial charge in [-0.25, -0.2) is 5.43 Å². The molecule has 1 rings (SSSR count). The SMILES string of the molecule is COc1cc(C=NNC(=O)CC(C)C)cc(OC)c1O. The van der Waals surface area contributed by atoms with Crippen LogP contribution in [0, 0.1) is 5.92 Å². The van der Waals surface area contributed by atoms with Gasteiger partial charge in [-0.1, -0.05) is 13.8 Å². The molecule has 2 N–H and O–H groups in total. The lowest BCUT2D eigenvalue weighted by atomic mass is 10.1. The van der Waals surface area contributed by atoms with E-state index in [1.807, 2.05) is 13.8 Å². The first-order valence-electron chi connectivity index (χ1n) is 6.24. The summed E-state index contributed by atoms with van der Waals surface area (Å²) < 4.78 is 10.1. The lowest BCUT2D eigenvalue weighted by molar-refractivity contribution is -0.121. The molecule has 1 aromatic carbocycles. The number of hydrogen-bond acceptors (Lipinski definition) is 5. The maximum Gasteiger partial charge on any atom is 0.240 e. The van der Waals surface area contributed by atoms with Crippen molar-refractivity contribution in [1.29, 1.82) is 0 Å². The molecule has 0 unspecified atom stereocenters. The maximum absolute atomic E-state index is 11.4. The van der Waals surface area contributed by atoms with Crippen LogP contribution in [0.2, 0.25) is 0 Å². The van der Waals surface area contributed by atoms with Crippen LogP contribution in [0.5, 0.6) is 17.2 Å². The van der Waals surface area contributed by atoms with Crippen LogP contribution in [0.15, 0.2) is 17.2 Å². The number of hydrogen-bond donors (Lipinski definition) is 2. The second kappa shape index (κ2) is 7.37. The van der Waals surface area contributed by atoms with Gasteiger partial charge in [-0.05, 0) is 18.1 Å². The van der Waals surface area contributed by atoms with Gasteiger partial charge in [0.2, 0.25) is 11.7 Å². The molecule has 0 aliphatic carbocycles. The van der Waals surface area contributed by atoms with Gasteiger partial charge in [0.15, 0.2) is 11.5 Å². The van der Waals surface area contributed by atoms with Crippen molar-refractivity contribution in [3.63, 3.8) is 0 Å². The van der Waals surface area contributed by atoms with E-state index >= 15 is 0 Å². The molecular weight excluding hydrogens is 260 g/mol. The van der Waals surface area contributed by atoms with Crippen LogP contribution in [0.1, 0.15) is 25.8 Å². The number of carbonyl (C=O) groups excluding carboxylic acids is 1. The summed E-state index contributed by atoms with van der Waals surface area (Å²) in [5.41, 5.74) is 3.08. The molecule has 0 heterocycles. The Kier molecular flexibility index (Phi) is 5.83. The monoisotopic (exact) mass is 280 g/mol. The molecule has 0 aliphatic heterocycles. The van der Waals surface area contributed by atoms with E-state index in [2.05, 4.69) is 10.5 Å². The number of aromatic hydroxyl groups is 1. The first-order chi connectivity index (χ1) is 9.47. The van der Waals surface area contributed by atoms with Crippen LogP contribution >= 0.6 is 0 Å². The van der Waals surface area contributed by atoms with Crippen LogP contribution in [-0.2, 0) is 4.79 Å². The fourth-order valence-corrected chi connectivity index (χ4v) is 1.58. The number of methoxy groups -OCH3 is 2. The standard InChI is InChI=1S/C14H20N2O4/c1-9(2)5-13(17)16-15-8-10-6-11(19-3)14(18)12(7-10)20-4/h6-9,18H,5H2,1-4H3,(H,16,17). The number of nitrogens with zero attached hydrogens (tertiary/aromatic N) is 1. The smallest absolute Gasteiger partial charge is 0.240 e. The molecule has 0 spiro atoms. The lowest BCUT2D eigenvalue weighted by Gasteiger charge is -2.09. The highest BCUT2D eigenvalue weighted by Gasteiger charge is 2.10. The first kappa shape index (κ1) is 15.8. The number of phenolic OH excluding ortho intramolecular Hbond substituents is 1. The van der Waals surface area contributed by atoms with E-state index in [0.717, 1.165) is 0 Å². The summed E-state index contributed by atoms with van der Waals surface area (Å²) in [4.78, 5) is 11.4. The van der Waals surface area contributed by atoms with E-state index < -0.39 is 0 Å². The molecule has 0 radical (unpaired) electrons. The van der Waals surface area contributed by atoms with Gasteiger partial charge in [0.25, 0.3) is 0 Å². The largest absolute Gasteiger partial charge is 0.502 e. The van der Waals surface area contributed by atoms with Crippen molar-refractivity contribution in [2.75, 3.05) is 14.2 Å². The van der Waals surface area contributed by atoms with E-state index in [1.54, 1.807) is 12.1 Å². The van der Waals surface area contributed by atoms with E-state index in [4.69, 9.17) is 9.47 Å². The van der Waals surface area contributed by atoms with Gasteiger partial charge in [0.1, 0.15) is 0 Å². The molecule has 110 valence electrons. The Morgan fingerprint density at radius 3 is 2.35 bits per heavy atom. The lowest BCUT2D eigenvalue weighted by Crippen LogP contribution is -2.19. The van der Waals surface area contributed by atoms with Crippen molar-refractivity contribution >= 4 is 12.1 Å². The fraction of sp³-hybridized carbons (Fsp3) is 0.429. The second-order valence-electron chi connectivity index (χ2n) is 4.67. The van der Waals surface area contributed by atoms with Crippen LogP contribution in [-0.4, -0.2) is 31.4 Å². The number of hydrazone groups is 1. The number of phenols is 1. The predicted octanol–water partition coefficient (Wildman–Crippen LogP) is 1.91. The number of amides is 1. The number of nitrogens with one attached hydrogen (secondary N) is 1. The van der Waals surface area contributed by atoms with Gasteiger partial charge in [-0.3, -0.25) is 4.79 Å². The number of ether oxygens (including phenoxy) is 2. The summed E-state index contributed by atoms with van der Waals surface area (Å²) in [6.45, 7) is 3.91. The van der Waals surface area contributed by atoms with Gasteiger partial charge < -0.3 is 14.6 Å². The first-order valence-corrected chi connectivity index (χ1v) is 6.24. The molecule has 0 atom stereocenters. The second-order valence-corrected chi connectivity index (χ2v) is 4.67. The Morgan fingerprint density at radius 1 is 1.35 bits per heavy atom. The normalized spacial score (nSPS) is 10.8. The highest BCUT2D eigenvalue weighted by Crippen LogP contribution is 2.36. The number of carbonyl (C=O) groups is 1. The number of benzene rings is 1. The van der Waals surface area contributed by atoms with Crippen molar-refractivity contribution in [2.24, 2.45) is 11.0 Å². The molecular formula is C14H20N2O4. The fourth-order valence-electron chi connectivity index (χ4n) is 1.58. The summed E-state index contributed by atoms with van der Waals surface area (Å²) in [6.07, 6.45) is 1.88. The van der Waals surface area contributed by atoms with E-state index in [0.29, 0.717) is 12.0 Å². The summed E-state index contributed by atoms with van der Waals surface area (Å²) in [5, 5.41) is 13.6. The van der Waals surface area contributed by atoms with Gasteiger partial charge in [0, 0.05) is 12.0 Å². The molecule has 0 saturated carbocycles. The zero-order chi connectivity index (χ0) is 15.1. The van der Waals surface area contributed by atoms with Crippen molar-refractivity contribution < 1.29 is 19.4 Å². The molecule has 0 saturated heterocycles. The Bertz CT molecular complexity index is 473. The summed E-state index contributed by atoms with van der Waals surface area (Å²) >= 11 is 0. The van der Waals surface area contributed by atoms with Crippen LogP contribution in [0.3, 0.4) is 0 Å². The van der Waals surface area contributed by atoms with Gasteiger partial charge in [-0.15, -0.1) is 0 Å². The third kappa shape index (κ3) is 4.46. The van der Waals surface area contributed by atoms with Crippen molar-refractivity contribution in [3.8, 4) is 17.2 Å². The molecule has 6 nitrogen and oxygen atoms in total. The molecule has 0 aliphatic rings. The average Bonchev–Trinajstić information content (AvgIpc) is 2.39. The van der Waals surface area contributed by atoms with Crippen molar-refractivity contribution in [1.82, 2.24) is 5.43 Å². The minimum Gasteiger partial charge on any atom is -0.502 e. The molecule has 6 heteroatoms. The van der Waals surface area contributed by atoms with Gasteiger partial charge in [0.05, 0.1) is 20.4 Å². The minimum absolute atomic E-state index is 0.0732. The third-order valence-electron chi connectivity index (χ3n) is 2.50. The van der Waals surface area contributed by atoms with Gasteiger partial charge in [-0.2, -0.15) is 5.10 Å². The Hall–Kier alpha value is -2.24. The maximum atomic E-state index is 11.4. The van der Waals surface area contributed by atoms with E-state index in [1.165, 1.54) is 20.4 Å². The van der Waals surface area contributed by atoms with E-state index in [-0.39, 0.29) is 29.1 Å². The molecule has 20 heavy (non-hydrogen) atoms. The van der Waals surface area contributed by atoms with Crippen LogP contribution in [0.4, 0.5) is 0 Å². The minimum atomic E-state index is -0.144. The molecule has 0 bridgehead atoms. The molecule has 1 aromatic rings. The quantitative estimate of drug-likeness (QED) is 0.616. The number of rotatable bonds is 6. The molecule has 0 aromatic heterocycles. The van der Waals surface area contributed by atoms with Crippen LogP contribution in [0.25, 0.3) is 0 Å². The molecule has 0 fully saturated rings. The highest BCUT2D eigenvalue weighted by molar-refractivity contribution is 5.84. The van der Waals surface area contributed by atoms with Crippen molar-refractivity contribution in [2.45, 2.75) is 20.3 Å². The van der Waals surface area contributed by atoms with Crippen LogP contribution < -0.4 is 14.9 Å². The Morgan fingerprint density at radius 2 is 1.90 bits per heavy atom. The van der Waals surface area contributed by atoms with Crippen molar-refractivity contribution in [3.05, 3.63) is 17.7 Å². The Labute approximate surface area is 118 Å². The summed E-state index contributed by atoms with van der Waals surface area (Å²) in [7, 11) is 2.89. The zero-order valence-corrected chi connectivity index (χ0v) is 12.1. The Balaban J connectivity index is 2.79. The molecule has 1 amide bonds. The third-order valence-corrected chi connectivity index (χ3v) is 2.50. The average molecular weight is 280 g/mol. The van der Waals surface area contributed by atoms with Gasteiger partial charge >= 0.3 is 0 Å². The zero-order valence-electron chi connectivity index (χ0n) is 12.1. The topological polar surface area (TPSA) is 80.2 Å². The highest BCUT2D eigenvalue weighted by atomic mass is 16.5.